The summed E-state index contributed by atoms with van der Waals surface area (Å²) in [7, 11) is 0. The molecule has 108 valence electrons. The van der Waals surface area contributed by atoms with Crippen molar-refractivity contribution in [2.75, 3.05) is 17.7 Å². The average Bonchev–Trinajstić information content (AvgIpc) is 2.83. The van der Waals surface area contributed by atoms with Crippen LogP contribution in [0.5, 0.6) is 0 Å². The van der Waals surface area contributed by atoms with Crippen molar-refractivity contribution < 1.29 is 4.79 Å². The number of nitrogens with zero attached hydrogens (tertiary/aromatic N) is 1. The van der Waals surface area contributed by atoms with Gasteiger partial charge in [-0.25, -0.2) is 0 Å². The van der Waals surface area contributed by atoms with E-state index in [4.69, 9.17) is 0 Å². The van der Waals surface area contributed by atoms with Crippen LogP contribution in [-0.2, 0) is 6.42 Å². The monoisotopic (exact) mass is 297 g/mol. The maximum Gasteiger partial charge on any atom is 0.182 e. The molecule has 0 bridgehead atoms. The van der Waals surface area contributed by atoms with Crippen LogP contribution in [0.1, 0.15) is 22.8 Å². The molecule has 0 aromatic heterocycles. The molecular weight excluding hydrogens is 278 g/mol. The number of ketones is 1. The number of fused-ring (bicyclic) bond motifs is 1. The molecule has 0 fully saturated rings. The first-order valence-electron chi connectivity index (χ1n) is 7.21. The van der Waals surface area contributed by atoms with Gasteiger partial charge in [-0.15, -0.1) is 11.8 Å². The fourth-order valence-corrected chi connectivity index (χ4v) is 3.30. The lowest BCUT2D eigenvalue weighted by molar-refractivity contribution is 0.0997. The molecule has 1 aliphatic heterocycles. The largest absolute Gasteiger partial charge is 0.361 e. The summed E-state index contributed by atoms with van der Waals surface area (Å²) in [5.41, 5.74) is 3.35. The summed E-state index contributed by atoms with van der Waals surface area (Å²) < 4.78 is 0. The maximum atomic E-state index is 12.5. The summed E-state index contributed by atoms with van der Waals surface area (Å²) in [4.78, 5) is 15.9. The molecule has 21 heavy (non-hydrogen) atoms. The molecule has 2 aromatic carbocycles. The summed E-state index contributed by atoms with van der Waals surface area (Å²) in [6.45, 7) is 2.64. The zero-order valence-corrected chi connectivity index (χ0v) is 13.2. The topological polar surface area (TPSA) is 20.3 Å². The van der Waals surface area contributed by atoms with Crippen molar-refractivity contribution in [3.63, 3.8) is 0 Å². The number of carbonyl (C=O) groups excluding carboxylic acids is 1. The number of benzene rings is 2. The number of hydrogen-bond acceptors (Lipinski definition) is 3. The second-order valence-corrected chi connectivity index (χ2v) is 6.34. The standard InChI is InChI=1S/C18H19NOS/c1-13-11-15-5-3-4-6-17(15)19(13)12-18(20)14-7-9-16(21-2)10-8-14/h3-10,13H,11-12H2,1-2H3. The molecule has 0 aliphatic carbocycles. The Morgan fingerprint density at radius 2 is 1.90 bits per heavy atom. The van der Waals surface area contributed by atoms with Crippen LogP contribution in [-0.4, -0.2) is 24.6 Å². The first-order valence-corrected chi connectivity index (χ1v) is 8.43. The van der Waals surface area contributed by atoms with E-state index in [-0.39, 0.29) is 5.78 Å². The van der Waals surface area contributed by atoms with Gasteiger partial charge in [-0.3, -0.25) is 4.79 Å². The fourth-order valence-electron chi connectivity index (χ4n) is 2.89. The third kappa shape index (κ3) is 2.84. The smallest absolute Gasteiger partial charge is 0.182 e. The van der Waals surface area contributed by atoms with Crippen LogP contribution >= 0.6 is 11.8 Å². The lowest BCUT2D eigenvalue weighted by Crippen LogP contribution is -2.34. The van der Waals surface area contributed by atoms with Crippen molar-refractivity contribution in [3.05, 3.63) is 59.7 Å². The first kappa shape index (κ1) is 14.2. The molecule has 0 amide bonds. The van der Waals surface area contributed by atoms with E-state index in [0.717, 1.165) is 12.0 Å². The number of anilines is 1. The Morgan fingerprint density at radius 1 is 1.19 bits per heavy atom. The maximum absolute atomic E-state index is 12.5. The summed E-state index contributed by atoms with van der Waals surface area (Å²) in [5, 5.41) is 0. The number of carbonyl (C=O) groups is 1. The summed E-state index contributed by atoms with van der Waals surface area (Å²) in [6.07, 6.45) is 3.06. The Bertz CT molecular complexity index is 651. The van der Waals surface area contributed by atoms with Gasteiger partial charge >= 0.3 is 0 Å². The van der Waals surface area contributed by atoms with E-state index in [1.54, 1.807) is 11.8 Å². The highest BCUT2D eigenvalue weighted by molar-refractivity contribution is 7.98. The van der Waals surface area contributed by atoms with Crippen molar-refractivity contribution in [1.82, 2.24) is 0 Å². The van der Waals surface area contributed by atoms with Gasteiger partial charge in [0.1, 0.15) is 0 Å². The second-order valence-electron chi connectivity index (χ2n) is 5.46. The SMILES string of the molecule is CSc1ccc(C(=O)CN2c3ccccc3CC2C)cc1. The number of thioether (sulfide) groups is 1. The first-order chi connectivity index (χ1) is 10.2. The van der Waals surface area contributed by atoms with E-state index in [9.17, 15) is 4.79 Å². The predicted octanol–water partition coefficient (Wildman–Crippen LogP) is 4.04. The third-order valence-corrected chi connectivity index (χ3v) is 4.82. The van der Waals surface area contributed by atoms with Gasteiger partial charge in [0.25, 0.3) is 0 Å². The number of rotatable bonds is 4. The Balaban J connectivity index is 1.78. The number of Topliss-reactive ketones (excluding diaryl/α,β-unsaturated/α-hetero) is 1. The summed E-state index contributed by atoms with van der Waals surface area (Å²) in [6, 6.07) is 16.7. The number of para-hydroxylation sites is 1. The normalized spacial score (nSPS) is 16.9. The van der Waals surface area contributed by atoms with Gasteiger partial charge in [0.2, 0.25) is 0 Å². The lowest BCUT2D eigenvalue weighted by Gasteiger charge is -2.24. The van der Waals surface area contributed by atoms with Crippen molar-refractivity contribution in [2.45, 2.75) is 24.3 Å². The van der Waals surface area contributed by atoms with E-state index in [0.29, 0.717) is 12.6 Å². The van der Waals surface area contributed by atoms with Crippen LogP contribution in [0.15, 0.2) is 53.4 Å². The van der Waals surface area contributed by atoms with Gasteiger partial charge in [0.15, 0.2) is 5.78 Å². The van der Waals surface area contributed by atoms with Crippen LogP contribution in [0, 0.1) is 0 Å². The molecule has 3 heteroatoms. The Hall–Kier alpha value is -1.74. The van der Waals surface area contributed by atoms with Gasteiger partial charge in [-0.05, 0) is 43.4 Å². The highest BCUT2D eigenvalue weighted by Gasteiger charge is 2.27. The van der Waals surface area contributed by atoms with E-state index in [1.165, 1.54) is 16.1 Å². The van der Waals surface area contributed by atoms with Gasteiger partial charge < -0.3 is 4.90 Å². The minimum absolute atomic E-state index is 0.186. The van der Waals surface area contributed by atoms with E-state index < -0.39 is 0 Å². The van der Waals surface area contributed by atoms with Crippen LogP contribution < -0.4 is 4.90 Å². The van der Waals surface area contributed by atoms with Crippen molar-refractivity contribution in [1.29, 1.82) is 0 Å². The number of hydrogen-bond donors (Lipinski definition) is 0. The van der Waals surface area contributed by atoms with Gasteiger partial charge in [-0.2, -0.15) is 0 Å². The van der Waals surface area contributed by atoms with E-state index in [1.807, 2.05) is 36.6 Å². The molecule has 3 rings (SSSR count). The molecule has 1 heterocycles. The van der Waals surface area contributed by atoms with Gasteiger partial charge in [0, 0.05) is 22.2 Å². The summed E-state index contributed by atoms with van der Waals surface area (Å²) >= 11 is 1.69. The van der Waals surface area contributed by atoms with Crippen molar-refractivity contribution in [2.24, 2.45) is 0 Å². The molecular formula is C18H19NOS. The molecule has 2 aromatic rings. The minimum atomic E-state index is 0.186. The van der Waals surface area contributed by atoms with Crippen LogP contribution in [0.4, 0.5) is 5.69 Å². The molecule has 2 nitrogen and oxygen atoms in total. The zero-order chi connectivity index (χ0) is 14.8. The molecule has 0 spiro atoms. The van der Waals surface area contributed by atoms with E-state index in [2.05, 4.69) is 30.0 Å². The lowest BCUT2D eigenvalue weighted by atomic mass is 10.1. The Kier molecular flexibility index (Phi) is 4.02. The van der Waals surface area contributed by atoms with Crippen LogP contribution in [0.2, 0.25) is 0 Å². The quantitative estimate of drug-likeness (QED) is 0.627. The Morgan fingerprint density at radius 3 is 2.62 bits per heavy atom. The van der Waals surface area contributed by atoms with Gasteiger partial charge in [0.05, 0.1) is 6.54 Å². The average molecular weight is 297 g/mol. The zero-order valence-electron chi connectivity index (χ0n) is 12.4. The van der Waals surface area contributed by atoms with Gasteiger partial charge in [-0.1, -0.05) is 30.3 Å². The third-order valence-electron chi connectivity index (χ3n) is 4.07. The highest BCUT2D eigenvalue weighted by atomic mass is 32.2. The Labute approximate surface area is 130 Å². The molecule has 0 radical (unpaired) electrons. The molecule has 0 N–H and O–H groups in total. The predicted molar refractivity (Wildman–Crippen MR) is 89.5 cm³/mol. The van der Waals surface area contributed by atoms with Crippen molar-refractivity contribution >= 4 is 23.2 Å². The molecule has 1 unspecified atom stereocenters. The molecule has 0 saturated carbocycles. The minimum Gasteiger partial charge on any atom is -0.361 e. The second kappa shape index (κ2) is 5.94. The molecule has 1 aliphatic rings. The molecule has 0 saturated heterocycles. The molecule has 1 atom stereocenters. The highest BCUT2D eigenvalue weighted by Crippen LogP contribution is 2.31. The van der Waals surface area contributed by atoms with Crippen LogP contribution in [0.25, 0.3) is 0 Å². The van der Waals surface area contributed by atoms with Crippen LogP contribution in [0.3, 0.4) is 0 Å². The fraction of sp³-hybridized carbons (Fsp3) is 0.278. The van der Waals surface area contributed by atoms with E-state index >= 15 is 0 Å². The van der Waals surface area contributed by atoms with Crippen molar-refractivity contribution in [3.8, 4) is 0 Å². The summed E-state index contributed by atoms with van der Waals surface area (Å²) in [5.74, 6) is 0.186.